The summed E-state index contributed by atoms with van der Waals surface area (Å²) in [4.78, 5) is 10.7. The molecule has 0 aliphatic heterocycles. The van der Waals surface area contributed by atoms with E-state index in [4.69, 9.17) is 17.2 Å². The van der Waals surface area contributed by atoms with Gasteiger partial charge in [-0.05, 0) is 12.5 Å². The van der Waals surface area contributed by atoms with Gasteiger partial charge in [-0.3, -0.25) is 4.79 Å². The molecule has 0 saturated heterocycles. The molecule has 0 aliphatic carbocycles. The van der Waals surface area contributed by atoms with Gasteiger partial charge in [0.2, 0.25) is 5.91 Å². The fraction of sp³-hybridized carbons (Fsp3) is 0.182. The van der Waals surface area contributed by atoms with Crippen molar-refractivity contribution in [2.75, 3.05) is 0 Å². The van der Waals surface area contributed by atoms with Crippen molar-refractivity contribution in [3.05, 3.63) is 35.4 Å². The van der Waals surface area contributed by atoms with Gasteiger partial charge in [-0.1, -0.05) is 24.3 Å². The summed E-state index contributed by atoms with van der Waals surface area (Å²) in [7, 11) is 0. The third kappa shape index (κ3) is 4.33. The Balaban J connectivity index is 2.84. The Hall–Kier alpha value is -2.37. The van der Waals surface area contributed by atoms with Crippen LogP contribution in [0.1, 0.15) is 18.1 Å². The maximum atomic E-state index is 10.7. The maximum Gasteiger partial charge on any atom is 0.221 e. The van der Waals surface area contributed by atoms with E-state index in [0.29, 0.717) is 11.4 Å². The lowest BCUT2D eigenvalue weighted by Crippen LogP contribution is -2.15. The van der Waals surface area contributed by atoms with Gasteiger partial charge in [-0.25, -0.2) is 0 Å². The Morgan fingerprint density at radius 3 is 2.18 bits per heavy atom. The minimum Gasteiger partial charge on any atom is -0.386 e. The van der Waals surface area contributed by atoms with Crippen LogP contribution in [0.15, 0.2) is 34.5 Å². The Morgan fingerprint density at radius 2 is 1.71 bits per heavy atom. The predicted molar refractivity (Wildman–Crippen MR) is 67.4 cm³/mol. The summed E-state index contributed by atoms with van der Waals surface area (Å²) in [6, 6.07) is 7.03. The first-order valence-electron chi connectivity index (χ1n) is 5.00. The van der Waals surface area contributed by atoms with Crippen LogP contribution < -0.4 is 17.2 Å². The van der Waals surface area contributed by atoms with Crippen LogP contribution in [-0.4, -0.2) is 17.6 Å². The second-order valence-corrected chi connectivity index (χ2v) is 3.57. The number of amidine groups is 2. The van der Waals surface area contributed by atoms with Gasteiger partial charge in [0.05, 0.1) is 6.42 Å². The van der Waals surface area contributed by atoms with Crippen LogP contribution in [0, 0.1) is 0 Å². The van der Waals surface area contributed by atoms with Gasteiger partial charge in [-0.15, -0.1) is 10.2 Å². The average Bonchev–Trinajstić information content (AvgIpc) is 2.26. The molecule has 0 spiro atoms. The van der Waals surface area contributed by atoms with Crippen molar-refractivity contribution in [2.24, 2.45) is 27.4 Å². The molecule has 0 radical (unpaired) electrons. The predicted octanol–water partition coefficient (Wildman–Crippen LogP) is -0.288. The number of carbonyl (C=O) groups excluding carboxylic acids is 1. The van der Waals surface area contributed by atoms with Gasteiger partial charge in [0.1, 0.15) is 5.84 Å². The molecular weight excluding hydrogens is 218 g/mol. The number of benzene rings is 1. The van der Waals surface area contributed by atoms with Gasteiger partial charge >= 0.3 is 0 Å². The van der Waals surface area contributed by atoms with E-state index >= 15 is 0 Å². The molecule has 0 bridgehead atoms. The van der Waals surface area contributed by atoms with Gasteiger partial charge in [0, 0.05) is 5.56 Å². The summed E-state index contributed by atoms with van der Waals surface area (Å²) < 4.78 is 0. The van der Waals surface area contributed by atoms with Gasteiger partial charge in [-0.2, -0.15) is 0 Å². The SMILES string of the molecule is C/C(N)=N/N=C(\N)c1ccc(CC(N)=O)cc1. The molecule has 0 aliphatic rings. The lowest BCUT2D eigenvalue weighted by Gasteiger charge is -2.01. The van der Waals surface area contributed by atoms with Crippen LogP contribution in [0.25, 0.3) is 0 Å². The van der Waals surface area contributed by atoms with Crippen LogP contribution >= 0.6 is 0 Å². The fourth-order valence-electron chi connectivity index (χ4n) is 1.19. The van der Waals surface area contributed by atoms with Crippen molar-refractivity contribution >= 4 is 17.6 Å². The van der Waals surface area contributed by atoms with Crippen LogP contribution in [0.5, 0.6) is 0 Å². The number of rotatable bonds is 4. The fourth-order valence-corrected chi connectivity index (χ4v) is 1.19. The Kier molecular flexibility index (Phi) is 4.21. The van der Waals surface area contributed by atoms with E-state index in [2.05, 4.69) is 10.2 Å². The molecular formula is C11H15N5O. The largest absolute Gasteiger partial charge is 0.386 e. The van der Waals surface area contributed by atoms with E-state index in [-0.39, 0.29) is 18.2 Å². The van der Waals surface area contributed by atoms with Crippen molar-refractivity contribution in [3.8, 4) is 0 Å². The summed E-state index contributed by atoms with van der Waals surface area (Å²) >= 11 is 0. The number of carbonyl (C=O) groups is 1. The van der Waals surface area contributed by atoms with E-state index in [1.54, 1.807) is 31.2 Å². The normalized spacial score (nSPS) is 12.5. The van der Waals surface area contributed by atoms with E-state index < -0.39 is 0 Å². The van der Waals surface area contributed by atoms with E-state index in [9.17, 15) is 4.79 Å². The molecule has 6 nitrogen and oxygen atoms in total. The van der Waals surface area contributed by atoms with Crippen molar-refractivity contribution in [1.82, 2.24) is 0 Å². The standard InChI is InChI=1S/C11H15N5O/c1-7(12)15-16-11(14)9-4-2-8(3-5-9)6-10(13)17/h2-5H,6H2,1H3,(H2,12,15)(H2,13,17)(H2,14,16). The molecule has 1 aromatic carbocycles. The van der Waals surface area contributed by atoms with Crippen LogP contribution in [0.3, 0.4) is 0 Å². The molecule has 0 saturated carbocycles. The van der Waals surface area contributed by atoms with Crippen molar-refractivity contribution in [3.63, 3.8) is 0 Å². The van der Waals surface area contributed by atoms with Crippen molar-refractivity contribution in [2.45, 2.75) is 13.3 Å². The van der Waals surface area contributed by atoms with Gasteiger partial charge in [0.15, 0.2) is 5.84 Å². The molecule has 0 aromatic heterocycles. The zero-order chi connectivity index (χ0) is 12.8. The first kappa shape index (κ1) is 12.7. The first-order chi connectivity index (χ1) is 7.99. The van der Waals surface area contributed by atoms with Crippen LogP contribution in [0.4, 0.5) is 0 Å². The maximum absolute atomic E-state index is 10.7. The molecule has 17 heavy (non-hydrogen) atoms. The highest BCUT2D eigenvalue weighted by molar-refractivity contribution is 5.97. The van der Waals surface area contributed by atoms with E-state index in [1.165, 1.54) is 0 Å². The molecule has 1 aromatic rings. The first-order valence-corrected chi connectivity index (χ1v) is 5.00. The Morgan fingerprint density at radius 1 is 1.12 bits per heavy atom. The molecule has 0 heterocycles. The number of nitrogens with two attached hydrogens (primary N) is 3. The molecule has 90 valence electrons. The quantitative estimate of drug-likeness (QED) is 0.376. The summed E-state index contributed by atoms with van der Waals surface area (Å²) in [5.41, 5.74) is 17.6. The highest BCUT2D eigenvalue weighted by Crippen LogP contribution is 2.05. The molecule has 0 atom stereocenters. The number of hydrogen-bond acceptors (Lipinski definition) is 3. The third-order valence-corrected chi connectivity index (χ3v) is 1.94. The highest BCUT2D eigenvalue weighted by atomic mass is 16.1. The molecule has 0 unspecified atom stereocenters. The monoisotopic (exact) mass is 233 g/mol. The van der Waals surface area contributed by atoms with Gasteiger partial charge < -0.3 is 17.2 Å². The third-order valence-electron chi connectivity index (χ3n) is 1.94. The molecule has 1 amide bonds. The number of hydrogen-bond donors (Lipinski definition) is 3. The zero-order valence-electron chi connectivity index (χ0n) is 9.55. The second-order valence-electron chi connectivity index (χ2n) is 3.57. The summed E-state index contributed by atoms with van der Waals surface area (Å²) in [6.45, 7) is 1.62. The molecule has 6 heteroatoms. The van der Waals surface area contributed by atoms with E-state index in [1.807, 2.05) is 0 Å². The zero-order valence-corrected chi connectivity index (χ0v) is 9.55. The minimum atomic E-state index is -0.372. The smallest absolute Gasteiger partial charge is 0.221 e. The summed E-state index contributed by atoms with van der Waals surface area (Å²) in [5, 5.41) is 7.41. The Bertz CT molecular complexity index is 457. The highest BCUT2D eigenvalue weighted by Gasteiger charge is 2.01. The minimum absolute atomic E-state index is 0.206. The molecule has 1 rings (SSSR count). The summed E-state index contributed by atoms with van der Waals surface area (Å²) in [5.74, 6) is 0.224. The second kappa shape index (κ2) is 5.64. The molecule has 0 fully saturated rings. The van der Waals surface area contributed by atoms with Crippen LogP contribution in [-0.2, 0) is 11.2 Å². The van der Waals surface area contributed by atoms with Crippen molar-refractivity contribution in [1.29, 1.82) is 0 Å². The molecule has 6 N–H and O–H groups in total. The lowest BCUT2D eigenvalue weighted by molar-refractivity contribution is -0.117. The number of nitrogens with zero attached hydrogens (tertiary/aromatic N) is 2. The topological polar surface area (TPSA) is 120 Å². The number of amides is 1. The lowest BCUT2D eigenvalue weighted by atomic mass is 10.1. The van der Waals surface area contributed by atoms with E-state index in [0.717, 1.165) is 5.56 Å². The number of primary amides is 1. The Labute approximate surface area is 99.2 Å². The van der Waals surface area contributed by atoms with Crippen molar-refractivity contribution < 1.29 is 4.79 Å². The van der Waals surface area contributed by atoms with Crippen LogP contribution in [0.2, 0.25) is 0 Å². The average molecular weight is 233 g/mol. The van der Waals surface area contributed by atoms with Gasteiger partial charge in [0.25, 0.3) is 0 Å². The summed E-state index contributed by atoms with van der Waals surface area (Å²) in [6.07, 6.45) is 0.206.